The van der Waals surface area contributed by atoms with Gasteiger partial charge in [-0.25, -0.2) is 0 Å². The number of rotatable bonds is 20. The molecule has 2 aliphatic carbocycles. The molecule has 14 N–H and O–H groups in total. The van der Waals surface area contributed by atoms with Gasteiger partial charge in [0.05, 0.1) is 57.6 Å². The van der Waals surface area contributed by atoms with E-state index in [0.29, 0.717) is 40.5 Å². The predicted molar refractivity (Wildman–Crippen MR) is 301 cm³/mol. The molecule has 0 aromatic carbocycles. The Kier molecular flexibility index (Phi) is 18.2. The van der Waals surface area contributed by atoms with Gasteiger partial charge in [-0.15, -0.1) is 24.8 Å². The van der Waals surface area contributed by atoms with Crippen LogP contribution < -0.4 is 54.0 Å². The molecule has 8 amide bonds. The first-order chi connectivity index (χ1) is 36.5. The number of nitrogens with two attached hydrogens (primary N) is 2. The summed E-state index contributed by atoms with van der Waals surface area (Å²) >= 11 is 0. The lowest BCUT2D eigenvalue weighted by molar-refractivity contribution is -0.129. The Morgan fingerprint density at radius 1 is 0.418 bits per heavy atom. The molecule has 26 nitrogen and oxygen atoms in total. The zero-order chi connectivity index (χ0) is 55.6. The maximum Gasteiger partial charge on any atom is 0.272 e. The largest absolute Gasteiger partial charge is 0.388 e. The summed E-state index contributed by atoms with van der Waals surface area (Å²) in [5.74, 6) is -5.65. The number of nitrogens with one attached hydrogen (secondary N) is 10. The summed E-state index contributed by atoms with van der Waals surface area (Å²) in [5, 5.41) is 37.0. The molecule has 2 unspecified atom stereocenters. The van der Waals surface area contributed by atoms with Crippen LogP contribution in [-0.4, -0.2) is 99.4 Å². The van der Waals surface area contributed by atoms with Crippen molar-refractivity contribution in [2.75, 3.05) is 45.0 Å². The lowest BCUT2D eigenvalue weighted by atomic mass is 9.81. The summed E-state index contributed by atoms with van der Waals surface area (Å²) in [6.07, 6.45) is 14.3. The zero-order valence-corrected chi connectivity index (χ0v) is 45.5. The first-order valence-electron chi connectivity index (χ1n) is 24.3. The van der Waals surface area contributed by atoms with Crippen LogP contribution in [0.5, 0.6) is 0 Å². The minimum atomic E-state index is -0.739. The van der Waals surface area contributed by atoms with Crippen LogP contribution in [0.4, 0.5) is 34.1 Å². The third-order valence-corrected chi connectivity index (χ3v) is 13.4. The van der Waals surface area contributed by atoms with E-state index in [9.17, 15) is 38.4 Å². The summed E-state index contributed by atoms with van der Waals surface area (Å²) in [7, 11) is 9.86. The van der Waals surface area contributed by atoms with Gasteiger partial charge < -0.3 is 81.4 Å². The molecule has 28 heteroatoms. The average Bonchev–Trinajstić information content (AvgIpc) is 4.25. The molecule has 8 rings (SSSR count). The van der Waals surface area contributed by atoms with Gasteiger partial charge in [-0.05, 0) is 54.7 Å². The number of hydrogen-bond acceptors (Lipinski definition) is 10. The van der Waals surface area contributed by atoms with Gasteiger partial charge in [-0.2, -0.15) is 0 Å². The van der Waals surface area contributed by atoms with Crippen LogP contribution in [0.3, 0.4) is 0 Å². The number of allylic oxidation sites excluding steroid dienone is 2. The molecule has 0 aliphatic heterocycles. The van der Waals surface area contributed by atoms with E-state index in [1.807, 2.05) is 12.2 Å². The van der Waals surface area contributed by atoms with E-state index in [2.05, 4.69) is 42.5 Å². The highest BCUT2D eigenvalue weighted by Gasteiger charge is 2.51. The number of hydrogen-bond donors (Lipinski definition) is 12. The summed E-state index contributed by atoms with van der Waals surface area (Å²) in [6, 6.07) is 9.04. The molecule has 0 saturated heterocycles. The van der Waals surface area contributed by atoms with Crippen LogP contribution in [0.15, 0.2) is 85.7 Å². The minimum Gasteiger partial charge on any atom is -0.388 e. The molecule has 2 bridgehead atoms. The fraction of sp³-hybridized carbons (Fsp3) is 0.294. The normalized spacial score (nSPS) is 15.7. The molecule has 2 aliphatic rings. The Morgan fingerprint density at radius 3 is 0.886 bits per heavy atom. The standard InChI is InChI=1S/C51H60N18O8.2ClH/c1-64-20-28(14-34(64)44(70)56-11-9-40(52)53)58-46(72)36-16-30(22-66(36)3)60-48(74)38-18-32(24-68(38)5)62-50(76)42-26-7-8-27(13-26)43(42)51(77)63-33-19-39(69(6)25-33)49(75)61-31-17-37(67(4)23-31)47(73)59-29-15-35(65(2)21-29)45(71)57-12-10-41(54)55;;/h7-8,14-27,42-43H,9-13H2,1-6H3,(H3,52,53)(H3,54,55)(H,56,70)(H,57,71)(H,58,72)(H,59,73)(H,60,74)(H,61,75)(H,62,76)(H,63,77);2*1H/t26?,27?,42-,43-;;/m1../s1. The minimum absolute atomic E-state index is 0. The summed E-state index contributed by atoms with van der Waals surface area (Å²) in [5.41, 5.74) is 14.2. The quantitative estimate of drug-likeness (QED) is 0.0299. The molecular weight excluding hydrogens is 1060 g/mol. The number of aryl methyl sites for hydroxylation is 6. The van der Waals surface area contributed by atoms with Crippen molar-refractivity contribution < 1.29 is 38.4 Å². The SMILES string of the molecule is Cl.Cl.Cn1cc(NC(=O)c2cc(NC(=O)c3cc(NC(=O)[C@@H]4C5C=CC(C5)[C@H]4C(=O)Nc4cc(C(=O)Nc5cc(C(=O)Nc6cc(C(=O)NCCC(=N)N)n(C)c6)n(C)c5)n(C)c4)cn3C)cn2C)cc1C(=O)NCCC(=N)N. The van der Waals surface area contributed by atoms with Gasteiger partial charge in [0, 0.05) is 105 Å². The smallest absolute Gasteiger partial charge is 0.272 e. The maximum absolute atomic E-state index is 14.1. The van der Waals surface area contributed by atoms with Crippen LogP contribution in [0.1, 0.15) is 82.2 Å². The molecule has 6 heterocycles. The van der Waals surface area contributed by atoms with E-state index in [4.69, 9.17) is 22.3 Å². The van der Waals surface area contributed by atoms with Gasteiger partial charge in [-0.3, -0.25) is 49.2 Å². The molecule has 6 aromatic rings. The van der Waals surface area contributed by atoms with E-state index in [1.165, 1.54) is 45.5 Å². The molecule has 1 fully saturated rings. The Bertz CT molecular complexity index is 3220. The Morgan fingerprint density at radius 2 is 0.646 bits per heavy atom. The van der Waals surface area contributed by atoms with E-state index in [0.717, 1.165) is 0 Å². The van der Waals surface area contributed by atoms with Crippen molar-refractivity contribution in [1.29, 1.82) is 10.8 Å². The van der Waals surface area contributed by atoms with Crippen molar-refractivity contribution in [2.45, 2.75) is 19.3 Å². The van der Waals surface area contributed by atoms with Gasteiger partial charge in [0.2, 0.25) is 11.8 Å². The summed E-state index contributed by atoms with van der Waals surface area (Å²) in [6.45, 7) is 0.373. The van der Waals surface area contributed by atoms with Crippen molar-refractivity contribution in [3.63, 3.8) is 0 Å². The molecule has 0 spiro atoms. The van der Waals surface area contributed by atoms with Crippen LogP contribution >= 0.6 is 24.8 Å². The number of amides is 8. The molecule has 0 radical (unpaired) electrons. The number of fused-ring (bicyclic) bond motifs is 2. The summed E-state index contributed by atoms with van der Waals surface area (Å²) < 4.78 is 9.26. The van der Waals surface area contributed by atoms with Crippen LogP contribution in [0.2, 0.25) is 0 Å². The second kappa shape index (κ2) is 24.4. The van der Waals surface area contributed by atoms with Crippen LogP contribution in [0.25, 0.3) is 0 Å². The molecule has 418 valence electrons. The van der Waals surface area contributed by atoms with Crippen LogP contribution in [0, 0.1) is 34.5 Å². The van der Waals surface area contributed by atoms with Crippen molar-refractivity contribution >= 4 is 118 Å². The summed E-state index contributed by atoms with van der Waals surface area (Å²) in [4.78, 5) is 107. The van der Waals surface area contributed by atoms with Gasteiger partial charge in [-0.1, -0.05) is 12.2 Å². The van der Waals surface area contributed by atoms with E-state index in [-0.39, 0.29) is 108 Å². The van der Waals surface area contributed by atoms with E-state index >= 15 is 0 Å². The van der Waals surface area contributed by atoms with Crippen LogP contribution in [-0.2, 0) is 51.9 Å². The first kappa shape index (κ1) is 59.0. The highest BCUT2D eigenvalue weighted by Crippen LogP contribution is 2.49. The van der Waals surface area contributed by atoms with Crippen molar-refractivity contribution in [3.05, 3.63) is 120 Å². The monoisotopic (exact) mass is 1120 g/mol. The highest BCUT2D eigenvalue weighted by molar-refractivity contribution is 6.10. The number of aromatic nitrogens is 6. The van der Waals surface area contributed by atoms with Gasteiger partial charge in [0.25, 0.3) is 35.4 Å². The van der Waals surface area contributed by atoms with Gasteiger partial charge in [0.1, 0.15) is 34.2 Å². The Hall–Kier alpha value is -9.30. The fourth-order valence-corrected chi connectivity index (χ4v) is 9.72. The topological polar surface area (TPSA) is 362 Å². The first-order valence-corrected chi connectivity index (χ1v) is 24.3. The maximum atomic E-state index is 14.1. The highest BCUT2D eigenvalue weighted by atomic mass is 35.5. The number of carbonyl (C=O) groups is 8. The number of amidine groups is 2. The third kappa shape index (κ3) is 13.3. The number of anilines is 6. The molecule has 6 aromatic heterocycles. The van der Waals surface area contributed by atoms with E-state index < -0.39 is 59.1 Å². The third-order valence-electron chi connectivity index (χ3n) is 13.4. The molecule has 4 atom stereocenters. The number of carbonyl (C=O) groups excluding carboxylic acids is 8. The Balaban J connectivity index is 0.00000504. The van der Waals surface area contributed by atoms with Crippen molar-refractivity contribution in [3.8, 4) is 0 Å². The van der Waals surface area contributed by atoms with Gasteiger partial charge >= 0.3 is 0 Å². The molecular formula is C51H62Cl2N18O8. The zero-order valence-electron chi connectivity index (χ0n) is 43.8. The van der Waals surface area contributed by atoms with Crippen molar-refractivity contribution in [1.82, 2.24) is 38.0 Å². The number of halogens is 2. The Labute approximate surface area is 464 Å². The second-order valence-electron chi connectivity index (χ2n) is 19.2. The fourth-order valence-electron chi connectivity index (χ4n) is 9.72. The van der Waals surface area contributed by atoms with Gasteiger partial charge in [0.15, 0.2) is 0 Å². The second-order valence-corrected chi connectivity index (χ2v) is 19.2. The molecule has 1 saturated carbocycles. The predicted octanol–water partition coefficient (Wildman–Crippen LogP) is 3.70. The lowest BCUT2D eigenvalue weighted by Gasteiger charge is -2.26. The lowest BCUT2D eigenvalue weighted by Crippen LogP contribution is -2.39. The molecule has 79 heavy (non-hydrogen) atoms. The number of nitrogens with zero attached hydrogens (tertiary/aromatic N) is 6. The van der Waals surface area contributed by atoms with E-state index in [1.54, 1.807) is 97.7 Å². The average molecular weight is 1130 g/mol. The van der Waals surface area contributed by atoms with Crippen molar-refractivity contribution in [2.24, 2.45) is 77.4 Å².